The molecule has 1 aliphatic heterocycles. The van der Waals surface area contributed by atoms with Crippen molar-refractivity contribution in [1.82, 2.24) is 19.9 Å². The van der Waals surface area contributed by atoms with Crippen LogP contribution in [0.1, 0.15) is 43.4 Å². The van der Waals surface area contributed by atoms with E-state index in [4.69, 9.17) is 19.7 Å². The Hall–Kier alpha value is -3.47. The topological polar surface area (TPSA) is 98.7 Å². The van der Waals surface area contributed by atoms with E-state index in [9.17, 15) is 5.11 Å². The second-order valence-corrected chi connectivity index (χ2v) is 12.0. The van der Waals surface area contributed by atoms with Crippen molar-refractivity contribution in [1.29, 1.82) is 0 Å². The number of ether oxygens (including phenoxy) is 1. The zero-order valence-corrected chi connectivity index (χ0v) is 24.4. The van der Waals surface area contributed by atoms with Crippen molar-refractivity contribution in [2.45, 2.75) is 50.7 Å². The number of aliphatic hydroxyl groups is 1. The lowest BCUT2D eigenvalue weighted by Gasteiger charge is -2.37. The SMILES string of the molecule is COc1cc(Nc2nc(Nc3cccc(C4(O)CCC4)n3)c3c(C)csc3n2)ccc1N1CCC(N(C)C)CC1. The van der Waals surface area contributed by atoms with Crippen molar-refractivity contribution in [3.05, 3.63) is 53.0 Å². The maximum Gasteiger partial charge on any atom is 0.230 e. The van der Waals surface area contributed by atoms with Crippen LogP contribution in [0.2, 0.25) is 0 Å². The molecule has 6 rings (SSSR count). The molecule has 0 amide bonds. The molecule has 1 aromatic carbocycles. The van der Waals surface area contributed by atoms with Gasteiger partial charge in [0, 0.05) is 30.9 Å². The normalized spacial score (nSPS) is 17.2. The first-order valence-corrected chi connectivity index (χ1v) is 14.8. The number of rotatable bonds is 8. The van der Waals surface area contributed by atoms with Gasteiger partial charge in [-0.05, 0) is 88.3 Å². The molecule has 1 saturated heterocycles. The predicted octanol–water partition coefficient (Wildman–Crippen LogP) is 5.79. The molecule has 2 aliphatic rings. The highest BCUT2D eigenvalue weighted by Gasteiger charge is 2.37. The van der Waals surface area contributed by atoms with Crippen molar-refractivity contribution in [2.24, 2.45) is 0 Å². The number of nitrogens with zero attached hydrogens (tertiary/aromatic N) is 5. The summed E-state index contributed by atoms with van der Waals surface area (Å²) < 4.78 is 5.81. The smallest absolute Gasteiger partial charge is 0.230 e. The Morgan fingerprint density at radius 2 is 1.88 bits per heavy atom. The number of fused-ring (bicyclic) bond motifs is 1. The van der Waals surface area contributed by atoms with Crippen LogP contribution in [-0.4, -0.2) is 65.3 Å². The molecule has 3 N–H and O–H groups in total. The van der Waals surface area contributed by atoms with Crippen LogP contribution < -0.4 is 20.3 Å². The van der Waals surface area contributed by atoms with Gasteiger partial charge in [-0.25, -0.2) is 9.97 Å². The minimum Gasteiger partial charge on any atom is -0.495 e. The third-order valence-electron chi connectivity index (χ3n) is 8.24. The van der Waals surface area contributed by atoms with Crippen LogP contribution in [0.25, 0.3) is 10.2 Å². The molecule has 0 radical (unpaired) electrons. The third kappa shape index (κ3) is 5.18. The zero-order valence-electron chi connectivity index (χ0n) is 23.6. The van der Waals surface area contributed by atoms with Gasteiger partial charge in [0.2, 0.25) is 5.95 Å². The molecule has 3 aromatic heterocycles. The van der Waals surface area contributed by atoms with Crippen LogP contribution in [0.15, 0.2) is 41.8 Å². The second-order valence-electron chi connectivity index (χ2n) is 11.1. The van der Waals surface area contributed by atoms with Crippen LogP contribution in [0.3, 0.4) is 0 Å². The van der Waals surface area contributed by atoms with Gasteiger partial charge in [0.1, 0.15) is 27.8 Å². The molecule has 2 fully saturated rings. The van der Waals surface area contributed by atoms with E-state index < -0.39 is 5.60 Å². The Morgan fingerprint density at radius 3 is 2.58 bits per heavy atom. The van der Waals surface area contributed by atoms with Crippen molar-refractivity contribution < 1.29 is 9.84 Å². The van der Waals surface area contributed by atoms with E-state index in [0.29, 0.717) is 29.3 Å². The highest BCUT2D eigenvalue weighted by molar-refractivity contribution is 7.17. The van der Waals surface area contributed by atoms with Crippen molar-refractivity contribution in [3.8, 4) is 5.75 Å². The Bertz CT molecular complexity index is 1510. The summed E-state index contributed by atoms with van der Waals surface area (Å²) in [5, 5.41) is 20.7. The van der Waals surface area contributed by atoms with E-state index in [1.807, 2.05) is 24.3 Å². The molecule has 40 heavy (non-hydrogen) atoms. The molecule has 0 bridgehead atoms. The average Bonchev–Trinajstić information content (AvgIpc) is 3.32. The molecule has 0 atom stereocenters. The van der Waals surface area contributed by atoms with Gasteiger partial charge in [-0.15, -0.1) is 11.3 Å². The molecule has 4 aromatic rings. The molecule has 9 nitrogen and oxygen atoms in total. The number of pyridine rings is 1. The van der Waals surface area contributed by atoms with Gasteiger partial charge >= 0.3 is 0 Å². The van der Waals surface area contributed by atoms with E-state index in [1.54, 1.807) is 18.4 Å². The van der Waals surface area contributed by atoms with Crippen LogP contribution in [0.5, 0.6) is 5.75 Å². The second kappa shape index (κ2) is 10.8. The summed E-state index contributed by atoms with van der Waals surface area (Å²) in [5.41, 5.74) is 2.95. The van der Waals surface area contributed by atoms with E-state index in [2.05, 4.69) is 59.0 Å². The van der Waals surface area contributed by atoms with E-state index in [-0.39, 0.29) is 0 Å². The summed E-state index contributed by atoms with van der Waals surface area (Å²) in [7, 11) is 6.04. The van der Waals surface area contributed by atoms with Crippen molar-refractivity contribution >= 4 is 50.5 Å². The summed E-state index contributed by atoms with van der Waals surface area (Å²) >= 11 is 1.59. The van der Waals surface area contributed by atoms with Crippen LogP contribution in [0.4, 0.5) is 29.0 Å². The monoisotopic (exact) mass is 559 g/mol. The van der Waals surface area contributed by atoms with Gasteiger partial charge in [0.15, 0.2) is 0 Å². The maximum absolute atomic E-state index is 10.8. The summed E-state index contributed by atoms with van der Waals surface area (Å²) in [6, 6.07) is 12.5. The predicted molar refractivity (Wildman–Crippen MR) is 163 cm³/mol. The first-order valence-electron chi connectivity index (χ1n) is 13.9. The fourth-order valence-electron chi connectivity index (χ4n) is 5.65. The summed E-state index contributed by atoms with van der Waals surface area (Å²) in [5.74, 6) is 2.66. The Balaban J connectivity index is 1.25. The molecule has 0 spiro atoms. The number of thiophene rings is 1. The van der Waals surface area contributed by atoms with Gasteiger partial charge in [-0.1, -0.05) is 6.07 Å². The molecular weight excluding hydrogens is 522 g/mol. The lowest BCUT2D eigenvalue weighted by Crippen LogP contribution is -2.42. The Labute approximate surface area is 239 Å². The minimum absolute atomic E-state index is 0.493. The first-order chi connectivity index (χ1) is 19.3. The number of hydrogen-bond acceptors (Lipinski definition) is 10. The molecule has 0 unspecified atom stereocenters. The van der Waals surface area contributed by atoms with Gasteiger partial charge < -0.3 is 30.3 Å². The Morgan fingerprint density at radius 1 is 1.07 bits per heavy atom. The number of methoxy groups -OCH3 is 1. The highest BCUT2D eigenvalue weighted by Crippen LogP contribution is 2.41. The molecule has 4 heterocycles. The number of anilines is 5. The highest BCUT2D eigenvalue weighted by atomic mass is 32.1. The molecule has 1 aliphatic carbocycles. The molecule has 210 valence electrons. The van der Waals surface area contributed by atoms with E-state index in [0.717, 1.165) is 78.1 Å². The van der Waals surface area contributed by atoms with E-state index in [1.165, 1.54) is 0 Å². The van der Waals surface area contributed by atoms with Gasteiger partial charge in [-0.3, -0.25) is 0 Å². The number of aryl methyl sites for hydroxylation is 1. The number of piperidine rings is 1. The molecule has 1 saturated carbocycles. The van der Waals surface area contributed by atoms with Crippen molar-refractivity contribution in [3.63, 3.8) is 0 Å². The van der Waals surface area contributed by atoms with Crippen LogP contribution >= 0.6 is 11.3 Å². The fourth-order valence-corrected chi connectivity index (χ4v) is 6.57. The standard InChI is InChI=1S/C30H37N7O2S/c1-19-18-40-28-26(19)27(33-25-8-5-7-24(32-25)30(38)13-6-14-30)34-29(35-28)31-20-9-10-22(23(17-20)39-4)37-15-11-21(12-16-37)36(2)3/h5,7-10,17-18,21,38H,6,11-16H2,1-4H3,(H2,31,32,33,34,35). The average molecular weight is 560 g/mol. The number of hydrogen-bond donors (Lipinski definition) is 3. The van der Waals surface area contributed by atoms with Gasteiger partial charge in [-0.2, -0.15) is 4.98 Å². The number of nitrogens with one attached hydrogen (secondary N) is 2. The molecular formula is C30H37N7O2S. The van der Waals surface area contributed by atoms with Gasteiger partial charge in [0.25, 0.3) is 0 Å². The summed E-state index contributed by atoms with van der Waals surface area (Å²) in [4.78, 5) is 20.0. The summed E-state index contributed by atoms with van der Waals surface area (Å²) in [6.07, 6.45) is 4.78. The number of benzene rings is 1. The third-order valence-corrected chi connectivity index (χ3v) is 9.23. The Kier molecular flexibility index (Phi) is 7.24. The number of aromatic nitrogens is 3. The minimum atomic E-state index is -0.822. The zero-order chi connectivity index (χ0) is 27.9. The quantitative estimate of drug-likeness (QED) is 0.248. The largest absolute Gasteiger partial charge is 0.495 e. The lowest BCUT2D eigenvalue weighted by molar-refractivity contribution is -0.0425. The molecule has 10 heteroatoms. The van der Waals surface area contributed by atoms with Gasteiger partial charge in [0.05, 0.1) is 23.9 Å². The first kappa shape index (κ1) is 26.7. The summed E-state index contributed by atoms with van der Waals surface area (Å²) in [6.45, 7) is 4.07. The van der Waals surface area contributed by atoms with Crippen LogP contribution in [-0.2, 0) is 5.60 Å². The van der Waals surface area contributed by atoms with Crippen LogP contribution in [0, 0.1) is 6.92 Å². The van der Waals surface area contributed by atoms with E-state index >= 15 is 0 Å². The fraction of sp³-hybridized carbons (Fsp3) is 0.433. The lowest BCUT2D eigenvalue weighted by atomic mass is 9.77. The van der Waals surface area contributed by atoms with Crippen molar-refractivity contribution in [2.75, 3.05) is 49.8 Å². The maximum atomic E-state index is 10.8.